The summed E-state index contributed by atoms with van der Waals surface area (Å²) in [6, 6.07) is 17.1. The molecule has 0 spiro atoms. The summed E-state index contributed by atoms with van der Waals surface area (Å²) < 4.78 is 62.2. The maximum atomic E-state index is 15.0. The Balaban J connectivity index is 1.40. The molecule has 1 fully saturated rings. The maximum Gasteiger partial charge on any atom is 0.435 e. The van der Waals surface area contributed by atoms with Crippen molar-refractivity contribution in [2.75, 3.05) is 11.9 Å². The van der Waals surface area contributed by atoms with Gasteiger partial charge < -0.3 is 26.2 Å². The molecule has 0 radical (unpaired) electrons. The van der Waals surface area contributed by atoms with E-state index in [1.165, 1.54) is 24.3 Å². The summed E-state index contributed by atoms with van der Waals surface area (Å²) in [5.41, 5.74) is 4.94. The molecule has 3 atom stereocenters. The summed E-state index contributed by atoms with van der Waals surface area (Å²) in [6.07, 6.45) is -6.06. The minimum Gasteiger partial charge on any atom is -0.444 e. The van der Waals surface area contributed by atoms with Crippen LogP contribution >= 0.6 is 0 Å². The number of anilines is 1. The molecule has 1 aliphatic carbocycles. The molecule has 0 bridgehead atoms. The van der Waals surface area contributed by atoms with E-state index in [2.05, 4.69) is 21.8 Å². The third kappa shape index (κ3) is 8.25. The van der Waals surface area contributed by atoms with Crippen LogP contribution in [0.15, 0.2) is 66.7 Å². The number of amides is 2. The molecule has 1 aromatic heterocycles. The Hall–Kier alpha value is -5.26. The van der Waals surface area contributed by atoms with Crippen LogP contribution in [0.2, 0.25) is 0 Å². The fraction of sp³-hybridized carbons (Fsp3) is 0.314. The number of aromatic nitrogens is 2. The van der Waals surface area contributed by atoms with Gasteiger partial charge in [-0.05, 0) is 98.2 Å². The highest BCUT2D eigenvalue weighted by atomic mass is 19.4. The average molecular weight is 679 g/mol. The molecule has 0 saturated heterocycles. The Kier molecular flexibility index (Phi) is 9.80. The lowest BCUT2D eigenvalue weighted by atomic mass is 9.95. The molecule has 256 valence electrons. The largest absolute Gasteiger partial charge is 0.444 e. The van der Waals surface area contributed by atoms with Crippen LogP contribution in [0.4, 0.5) is 28.0 Å². The van der Waals surface area contributed by atoms with Crippen molar-refractivity contribution in [3.8, 4) is 11.8 Å². The van der Waals surface area contributed by atoms with Crippen LogP contribution in [-0.2, 0) is 17.5 Å². The first-order chi connectivity index (χ1) is 23.1. The minimum absolute atomic E-state index is 0.0363. The third-order valence-corrected chi connectivity index (χ3v) is 7.92. The number of ether oxygens (including phenoxy) is 1. The molecule has 4 aromatic rings. The molecule has 5 rings (SSSR count). The van der Waals surface area contributed by atoms with Crippen molar-refractivity contribution in [2.24, 2.45) is 11.7 Å². The second-order valence-corrected chi connectivity index (χ2v) is 12.7. The molecule has 2 amide bonds. The predicted molar refractivity (Wildman–Crippen MR) is 171 cm³/mol. The first kappa shape index (κ1) is 35.1. The predicted octanol–water partition coefficient (Wildman–Crippen LogP) is 6.32. The van der Waals surface area contributed by atoms with Gasteiger partial charge in [-0.2, -0.15) is 23.5 Å². The molecule has 1 aliphatic rings. The minimum atomic E-state index is -4.91. The number of nitrogens with one attached hydrogen (secondary N) is 2. The van der Waals surface area contributed by atoms with E-state index in [4.69, 9.17) is 10.5 Å². The van der Waals surface area contributed by atoms with Gasteiger partial charge in [0.15, 0.2) is 5.69 Å². The molecule has 10 nitrogen and oxygen atoms in total. The van der Waals surface area contributed by atoms with Crippen LogP contribution in [0, 0.1) is 23.1 Å². The van der Waals surface area contributed by atoms with E-state index in [0.29, 0.717) is 35.2 Å². The zero-order valence-corrected chi connectivity index (χ0v) is 26.8. The van der Waals surface area contributed by atoms with Crippen LogP contribution < -0.4 is 16.4 Å². The number of hydrogen-bond acceptors (Lipinski definition) is 7. The number of aliphatic hydroxyl groups is 1. The molecular formula is C35H34F4N6O4. The molecule has 3 unspecified atom stereocenters. The third-order valence-electron chi connectivity index (χ3n) is 7.92. The van der Waals surface area contributed by atoms with E-state index in [9.17, 15) is 37.5 Å². The number of alkyl carbamates (subject to hydrolysis) is 1. The van der Waals surface area contributed by atoms with E-state index in [1.54, 1.807) is 45.0 Å². The molecule has 1 saturated carbocycles. The number of nitrogens with two attached hydrogens (primary N) is 1. The van der Waals surface area contributed by atoms with Crippen molar-refractivity contribution in [2.45, 2.75) is 57.5 Å². The number of aliphatic hydroxyl groups excluding tert-OH is 1. The fourth-order valence-corrected chi connectivity index (χ4v) is 5.41. The van der Waals surface area contributed by atoms with Gasteiger partial charge in [0.25, 0.3) is 5.91 Å². The molecule has 0 aliphatic heterocycles. The molecule has 49 heavy (non-hydrogen) atoms. The number of halogens is 4. The fourth-order valence-electron chi connectivity index (χ4n) is 5.41. The summed E-state index contributed by atoms with van der Waals surface area (Å²) in [4.78, 5) is 25.5. The molecular weight excluding hydrogens is 644 g/mol. The second kappa shape index (κ2) is 13.7. The number of alkyl halides is 3. The smallest absolute Gasteiger partial charge is 0.435 e. The zero-order valence-electron chi connectivity index (χ0n) is 26.8. The average Bonchev–Trinajstić information content (AvgIpc) is 3.68. The Morgan fingerprint density at radius 3 is 2.47 bits per heavy atom. The zero-order chi connectivity index (χ0) is 35.7. The summed E-state index contributed by atoms with van der Waals surface area (Å²) in [7, 11) is 0. The number of carbonyl (C=O) groups excluding carboxylic acids is 2. The number of nitrogens with zero attached hydrogens (tertiary/aromatic N) is 3. The topological polar surface area (TPSA) is 155 Å². The lowest BCUT2D eigenvalue weighted by Crippen LogP contribution is -2.32. The molecule has 1 heterocycles. The van der Waals surface area contributed by atoms with Crippen molar-refractivity contribution in [3.05, 3.63) is 112 Å². The van der Waals surface area contributed by atoms with Crippen LogP contribution in [0.3, 0.4) is 0 Å². The number of rotatable bonds is 9. The van der Waals surface area contributed by atoms with Crippen molar-refractivity contribution in [3.63, 3.8) is 0 Å². The van der Waals surface area contributed by atoms with Crippen LogP contribution in [-0.4, -0.2) is 39.0 Å². The normalized spacial score (nSPS) is 16.4. The molecule has 3 aromatic carbocycles. The summed E-state index contributed by atoms with van der Waals surface area (Å²) in [5, 5.41) is 29.3. The van der Waals surface area contributed by atoms with Crippen molar-refractivity contribution in [1.29, 1.82) is 5.26 Å². The summed E-state index contributed by atoms with van der Waals surface area (Å²) >= 11 is 0. The Morgan fingerprint density at radius 2 is 1.82 bits per heavy atom. The van der Waals surface area contributed by atoms with Gasteiger partial charge in [-0.3, -0.25) is 4.79 Å². The standard InChI is InChI=1S/C35H34F4N6O4/c1-34(2,3)49-33(48)42-18-19-5-4-6-24(11-19)45-29(15-30(44-45)35(37,38)39)32(47)43-28-14-21(8-10-27(28)36)31(46)20-7-9-25(22(12-20)16-40)26-13-23(26)17-41/h4-12,14-15,23,26,31,46H,13,17-18,41H2,1-3H3,(H,42,48)(H,43,47). The Labute approximate surface area is 279 Å². The van der Waals surface area contributed by atoms with E-state index in [1.807, 2.05) is 0 Å². The highest BCUT2D eigenvalue weighted by Gasteiger charge is 2.39. The van der Waals surface area contributed by atoms with Gasteiger partial charge in [0, 0.05) is 12.6 Å². The van der Waals surface area contributed by atoms with Crippen LogP contribution in [0.5, 0.6) is 0 Å². The van der Waals surface area contributed by atoms with Crippen LogP contribution in [0.25, 0.3) is 5.69 Å². The van der Waals surface area contributed by atoms with Gasteiger partial charge in [-0.1, -0.05) is 30.3 Å². The maximum absolute atomic E-state index is 15.0. The van der Waals surface area contributed by atoms with Crippen LogP contribution in [0.1, 0.15) is 83.2 Å². The summed E-state index contributed by atoms with van der Waals surface area (Å²) in [6.45, 7) is 5.54. The molecule has 14 heteroatoms. The highest BCUT2D eigenvalue weighted by Crippen LogP contribution is 2.48. The highest BCUT2D eigenvalue weighted by molar-refractivity contribution is 6.03. The van der Waals surface area contributed by atoms with E-state index in [0.717, 1.165) is 28.8 Å². The van der Waals surface area contributed by atoms with Gasteiger partial charge >= 0.3 is 12.3 Å². The van der Waals surface area contributed by atoms with Crippen molar-refractivity contribution in [1.82, 2.24) is 15.1 Å². The van der Waals surface area contributed by atoms with Gasteiger partial charge in [0.1, 0.15) is 23.2 Å². The second-order valence-electron chi connectivity index (χ2n) is 12.7. The number of carbonyl (C=O) groups is 2. The van der Waals surface area contributed by atoms with E-state index in [-0.39, 0.29) is 23.7 Å². The Bertz CT molecular complexity index is 1930. The lowest BCUT2D eigenvalue weighted by molar-refractivity contribution is -0.141. The summed E-state index contributed by atoms with van der Waals surface area (Å²) in [5.74, 6) is -1.56. The molecule has 5 N–H and O–H groups in total. The first-order valence-corrected chi connectivity index (χ1v) is 15.3. The van der Waals surface area contributed by atoms with Gasteiger partial charge in [0.05, 0.1) is 23.0 Å². The first-order valence-electron chi connectivity index (χ1n) is 15.3. The van der Waals surface area contributed by atoms with E-state index >= 15 is 0 Å². The van der Waals surface area contributed by atoms with Gasteiger partial charge in [-0.25, -0.2) is 13.9 Å². The van der Waals surface area contributed by atoms with Crippen molar-refractivity contribution < 1.29 is 37.0 Å². The quantitative estimate of drug-likeness (QED) is 0.151. The van der Waals surface area contributed by atoms with Crippen molar-refractivity contribution >= 4 is 17.7 Å². The number of benzene rings is 3. The number of hydrogen-bond donors (Lipinski definition) is 4. The lowest BCUT2D eigenvalue weighted by Gasteiger charge is -2.19. The SMILES string of the molecule is CC(C)(C)OC(=O)NCc1cccc(-n2nc(C(F)(F)F)cc2C(=O)Nc2cc(C(O)c3ccc(C4CC4CN)c(C#N)c3)ccc2F)c1. The van der Waals surface area contributed by atoms with Gasteiger partial charge in [-0.15, -0.1) is 0 Å². The monoisotopic (exact) mass is 678 g/mol. The van der Waals surface area contributed by atoms with E-state index < -0.39 is 52.8 Å². The van der Waals surface area contributed by atoms with Gasteiger partial charge in [0.2, 0.25) is 0 Å². The Morgan fingerprint density at radius 1 is 1.10 bits per heavy atom. The number of nitriles is 1.